The molecule has 0 unspecified atom stereocenters. The maximum atomic E-state index is 13.1. The molecule has 1 heterocycles. The van der Waals surface area contributed by atoms with Crippen LogP contribution >= 0.6 is 0 Å². The van der Waals surface area contributed by atoms with Crippen molar-refractivity contribution in [2.24, 2.45) is 0 Å². The molecule has 0 aliphatic carbocycles. The van der Waals surface area contributed by atoms with Gasteiger partial charge < -0.3 is 10.1 Å². The first-order chi connectivity index (χ1) is 11.2. The molecular weight excluding hydrogens is 290 g/mol. The summed E-state index contributed by atoms with van der Waals surface area (Å²) >= 11 is 0. The van der Waals surface area contributed by atoms with Gasteiger partial charge in [-0.05, 0) is 38.2 Å². The van der Waals surface area contributed by atoms with Crippen molar-refractivity contribution in [1.82, 2.24) is 14.9 Å². The Bertz CT molecular complexity index is 902. The molecule has 0 saturated carbocycles. The lowest BCUT2D eigenvalue weighted by atomic mass is 10.2. The first kappa shape index (κ1) is 15.2. The van der Waals surface area contributed by atoms with Crippen LogP contribution in [-0.2, 0) is 0 Å². The van der Waals surface area contributed by atoms with Crippen molar-refractivity contribution in [3.8, 4) is 11.4 Å². The van der Waals surface area contributed by atoms with E-state index < -0.39 is 0 Å². The number of methoxy groups -OCH3 is 1. The summed E-state index contributed by atoms with van der Waals surface area (Å²) in [6, 6.07) is 14.8. The summed E-state index contributed by atoms with van der Waals surface area (Å²) in [6.07, 6.45) is 0. The van der Waals surface area contributed by atoms with Crippen molar-refractivity contribution in [2.45, 2.75) is 13.0 Å². The van der Waals surface area contributed by atoms with Gasteiger partial charge in [0.2, 0.25) is 0 Å². The topological polar surface area (TPSA) is 56.2 Å². The van der Waals surface area contributed by atoms with Crippen molar-refractivity contribution in [1.29, 1.82) is 0 Å². The van der Waals surface area contributed by atoms with Crippen molar-refractivity contribution in [3.05, 3.63) is 64.7 Å². The Morgan fingerprint density at radius 3 is 2.57 bits per heavy atom. The van der Waals surface area contributed by atoms with Crippen molar-refractivity contribution in [2.75, 3.05) is 14.2 Å². The van der Waals surface area contributed by atoms with E-state index in [1.165, 1.54) is 0 Å². The highest BCUT2D eigenvalue weighted by Gasteiger charge is 2.18. The highest BCUT2D eigenvalue weighted by atomic mass is 16.5. The van der Waals surface area contributed by atoms with Gasteiger partial charge in [0, 0.05) is 0 Å². The van der Waals surface area contributed by atoms with Gasteiger partial charge in [-0.15, -0.1) is 0 Å². The minimum atomic E-state index is -0.0998. The molecule has 0 fully saturated rings. The second kappa shape index (κ2) is 6.22. The Morgan fingerprint density at radius 1 is 1.13 bits per heavy atom. The smallest absolute Gasteiger partial charge is 0.266 e. The van der Waals surface area contributed by atoms with Crippen LogP contribution in [0.4, 0.5) is 0 Å². The zero-order valence-corrected chi connectivity index (χ0v) is 13.4. The lowest BCUT2D eigenvalue weighted by Crippen LogP contribution is -2.29. The van der Waals surface area contributed by atoms with Crippen LogP contribution in [0.25, 0.3) is 16.6 Å². The summed E-state index contributed by atoms with van der Waals surface area (Å²) in [5.74, 6) is 1.29. The van der Waals surface area contributed by atoms with Gasteiger partial charge in [0.25, 0.3) is 5.56 Å². The van der Waals surface area contributed by atoms with Gasteiger partial charge in [0.15, 0.2) is 0 Å². The van der Waals surface area contributed by atoms with E-state index in [4.69, 9.17) is 9.72 Å². The number of benzene rings is 2. The summed E-state index contributed by atoms with van der Waals surface area (Å²) in [4.78, 5) is 17.8. The molecule has 2 aromatic carbocycles. The number of aromatic nitrogens is 2. The number of rotatable bonds is 4. The number of ether oxygens (including phenoxy) is 1. The molecule has 1 aromatic heterocycles. The third-order valence-corrected chi connectivity index (χ3v) is 3.95. The largest absolute Gasteiger partial charge is 0.495 e. The van der Waals surface area contributed by atoms with E-state index in [0.717, 1.165) is 0 Å². The molecule has 5 nitrogen and oxygen atoms in total. The summed E-state index contributed by atoms with van der Waals surface area (Å²) in [7, 11) is 3.44. The lowest BCUT2D eigenvalue weighted by Gasteiger charge is -2.19. The molecule has 0 amide bonds. The fourth-order valence-corrected chi connectivity index (χ4v) is 2.62. The second-order valence-electron chi connectivity index (χ2n) is 5.31. The van der Waals surface area contributed by atoms with Crippen molar-refractivity contribution < 1.29 is 4.74 Å². The molecule has 0 bridgehead atoms. The number of hydrogen-bond donors (Lipinski definition) is 1. The Morgan fingerprint density at radius 2 is 1.83 bits per heavy atom. The zero-order valence-electron chi connectivity index (χ0n) is 13.4. The monoisotopic (exact) mass is 309 g/mol. The van der Waals surface area contributed by atoms with Crippen LogP contribution in [-0.4, -0.2) is 23.7 Å². The van der Waals surface area contributed by atoms with E-state index in [1.54, 1.807) is 17.7 Å². The van der Waals surface area contributed by atoms with Crippen LogP contribution in [0.15, 0.2) is 53.3 Å². The first-order valence-corrected chi connectivity index (χ1v) is 7.49. The van der Waals surface area contributed by atoms with E-state index in [0.29, 0.717) is 28.2 Å². The van der Waals surface area contributed by atoms with Gasteiger partial charge >= 0.3 is 0 Å². The lowest BCUT2D eigenvalue weighted by molar-refractivity contribution is 0.411. The fraction of sp³-hybridized carbons (Fsp3) is 0.222. The molecule has 1 N–H and O–H groups in total. The Labute approximate surface area is 134 Å². The molecule has 0 saturated heterocycles. The third-order valence-electron chi connectivity index (χ3n) is 3.95. The minimum Gasteiger partial charge on any atom is -0.495 e. The van der Waals surface area contributed by atoms with Crippen molar-refractivity contribution in [3.63, 3.8) is 0 Å². The highest BCUT2D eigenvalue weighted by molar-refractivity contribution is 5.78. The van der Waals surface area contributed by atoms with Crippen LogP contribution in [0.3, 0.4) is 0 Å². The Balaban J connectivity index is 2.42. The summed E-state index contributed by atoms with van der Waals surface area (Å²) in [6.45, 7) is 1.97. The maximum absolute atomic E-state index is 13.1. The number of nitrogens with zero attached hydrogens (tertiary/aromatic N) is 2. The maximum Gasteiger partial charge on any atom is 0.266 e. The summed E-state index contributed by atoms with van der Waals surface area (Å²) < 4.78 is 7.05. The summed E-state index contributed by atoms with van der Waals surface area (Å²) in [5, 5.41) is 3.75. The van der Waals surface area contributed by atoms with Gasteiger partial charge in [0.05, 0.1) is 29.7 Å². The van der Waals surface area contributed by atoms with Gasteiger partial charge in [-0.2, -0.15) is 0 Å². The normalized spacial score (nSPS) is 12.3. The molecule has 5 heteroatoms. The Hall–Kier alpha value is -2.66. The number of nitrogens with one attached hydrogen (secondary N) is 1. The average Bonchev–Trinajstić information content (AvgIpc) is 2.61. The van der Waals surface area contributed by atoms with E-state index in [2.05, 4.69) is 5.32 Å². The van der Waals surface area contributed by atoms with Gasteiger partial charge in [-0.1, -0.05) is 24.3 Å². The average molecular weight is 309 g/mol. The van der Waals surface area contributed by atoms with Crippen LogP contribution in [0, 0.1) is 0 Å². The summed E-state index contributed by atoms with van der Waals surface area (Å²) in [5.41, 5.74) is 1.29. The van der Waals surface area contributed by atoms with Gasteiger partial charge in [0.1, 0.15) is 11.6 Å². The number of para-hydroxylation sites is 3. The van der Waals surface area contributed by atoms with E-state index in [-0.39, 0.29) is 11.6 Å². The molecule has 0 spiro atoms. The standard InChI is InChI=1S/C18H19N3O2/c1-12(19-2)17-20-14-9-5-4-8-13(14)18(22)21(17)15-10-6-7-11-16(15)23-3/h4-12,19H,1-3H3/t12-/m1/s1. The van der Waals surface area contributed by atoms with E-state index in [9.17, 15) is 4.79 Å². The molecule has 0 aliphatic rings. The molecule has 1 atom stereocenters. The molecular formula is C18H19N3O2. The first-order valence-electron chi connectivity index (χ1n) is 7.49. The van der Waals surface area contributed by atoms with Crippen LogP contribution in [0.1, 0.15) is 18.8 Å². The highest BCUT2D eigenvalue weighted by Crippen LogP contribution is 2.24. The molecule has 0 aliphatic heterocycles. The van der Waals surface area contributed by atoms with Crippen LogP contribution < -0.4 is 15.6 Å². The van der Waals surface area contributed by atoms with Gasteiger partial charge in [-0.3, -0.25) is 9.36 Å². The predicted molar refractivity (Wildman–Crippen MR) is 91.4 cm³/mol. The number of fused-ring (bicyclic) bond motifs is 1. The molecule has 23 heavy (non-hydrogen) atoms. The SMILES string of the molecule is CN[C@H](C)c1nc2ccccc2c(=O)n1-c1ccccc1OC. The zero-order chi connectivity index (χ0) is 16.4. The Kier molecular flexibility index (Phi) is 4.12. The van der Waals surface area contributed by atoms with Crippen molar-refractivity contribution >= 4 is 10.9 Å². The molecule has 3 aromatic rings. The molecule has 3 rings (SSSR count). The van der Waals surface area contributed by atoms with E-state index >= 15 is 0 Å². The third kappa shape index (κ3) is 2.59. The fourth-order valence-electron chi connectivity index (χ4n) is 2.62. The minimum absolute atomic E-state index is 0.0859. The second-order valence-corrected chi connectivity index (χ2v) is 5.31. The predicted octanol–water partition coefficient (Wildman–Crippen LogP) is 2.67. The molecule has 0 radical (unpaired) electrons. The quantitative estimate of drug-likeness (QED) is 0.805. The van der Waals surface area contributed by atoms with Gasteiger partial charge in [-0.25, -0.2) is 4.98 Å². The number of hydrogen-bond acceptors (Lipinski definition) is 4. The molecule has 118 valence electrons. The van der Waals surface area contributed by atoms with Crippen LogP contribution in [0.5, 0.6) is 5.75 Å². The van der Waals surface area contributed by atoms with Crippen LogP contribution in [0.2, 0.25) is 0 Å². The van der Waals surface area contributed by atoms with E-state index in [1.807, 2.05) is 56.4 Å².